The first-order chi connectivity index (χ1) is 11.7. The summed E-state index contributed by atoms with van der Waals surface area (Å²) in [4.78, 5) is 0. The molecule has 1 aromatic heterocycles. The fourth-order valence-corrected chi connectivity index (χ4v) is 3.96. The Morgan fingerprint density at radius 2 is 1.79 bits per heavy atom. The highest BCUT2D eigenvalue weighted by molar-refractivity contribution is 5.84. The topological polar surface area (TPSA) is 17.0 Å². The molecule has 2 aromatic carbocycles. The molecule has 0 unspecified atom stereocenters. The Kier molecular flexibility index (Phi) is 4.15. The Balaban J connectivity index is 1.73. The molecule has 124 valence electrons. The summed E-state index contributed by atoms with van der Waals surface area (Å²) < 4.78 is 2.44. The van der Waals surface area contributed by atoms with Crippen LogP contribution in [0.1, 0.15) is 41.0 Å². The van der Waals surface area contributed by atoms with E-state index in [9.17, 15) is 0 Å². The van der Waals surface area contributed by atoms with Crippen LogP contribution < -0.4 is 5.32 Å². The quantitative estimate of drug-likeness (QED) is 0.736. The minimum Gasteiger partial charge on any atom is -0.343 e. The molecule has 0 spiro atoms. The molecule has 0 saturated carbocycles. The van der Waals surface area contributed by atoms with Crippen LogP contribution in [-0.4, -0.2) is 17.7 Å². The molecule has 1 aliphatic heterocycles. The van der Waals surface area contributed by atoms with Crippen LogP contribution >= 0.6 is 0 Å². The number of nitrogens with one attached hydrogen (secondary N) is 1. The highest BCUT2D eigenvalue weighted by atomic mass is 15.0. The second kappa shape index (κ2) is 6.45. The van der Waals surface area contributed by atoms with Crippen molar-refractivity contribution in [1.29, 1.82) is 0 Å². The predicted molar refractivity (Wildman–Crippen MR) is 102 cm³/mol. The Bertz CT molecular complexity index is 854. The van der Waals surface area contributed by atoms with Gasteiger partial charge in [-0.25, -0.2) is 0 Å². The van der Waals surface area contributed by atoms with Gasteiger partial charge >= 0.3 is 0 Å². The predicted octanol–water partition coefficient (Wildman–Crippen LogP) is 4.77. The highest BCUT2D eigenvalue weighted by Crippen LogP contribution is 2.33. The number of hydrogen-bond donors (Lipinski definition) is 1. The first-order valence-electron chi connectivity index (χ1n) is 9.07. The van der Waals surface area contributed by atoms with Crippen LogP contribution in [0.5, 0.6) is 0 Å². The summed E-state index contributed by atoms with van der Waals surface area (Å²) in [5, 5.41) is 4.92. The van der Waals surface area contributed by atoms with Crippen LogP contribution in [-0.2, 0) is 6.54 Å². The molecule has 2 nitrogen and oxygen atoms in total. The first kappa shape index (κ1) is 15.5. The number of piperidine rings is 1. The van der Waals surface area contributed by atoms with Crippen molar-refractivity contribution in [2.45, 2.75) is 39.2 Å². The van der Waals surface area contributed by atoms with Crippen molar-refractivity contribution in [3.8, 4) is 0 Å². The molecule has 0 atom stereocenters. The van der Waals surface area contributed by atoms with E-state index in [1.807, 2.05) is 0 Å². The number of hydrogen-bond acceptors (Lipinski definition) is 1. The molecule has 1 aliphatic rings. The van der Waals surface area contributed by atoms with E-state index < -0.39 is 0 Å². The minimum atomic E-state index is 0.692. The number of nitrogens with zero attached hydrogens (tertiary/aromatic N) is 1. The van der Waals surface area contributed by atoms with Gasteiger partial charge in [0.25, 0.3) is 0 Å². The third-order valence-electron chi connectivity index (χ3n) is 5.52. The van der Waals surface area contributed by atoms with E-state index in [1.165, 1.54) is 46.0 Å². The second-order valence-corrected chi connectivity index (χ2v) is 7.17. The van der Waals surface area contributed by atoms with Gasteiger partial charge in [-0.15, -0.1) is 0 Å². The fourth-order valence-electron chi connectivity index (χ4n) is 3.96. The molecule has 1 saturated heterocycles. The molecule has 4 rings (SSSR count). The Morgan fingerprint density at radius 1 is 1.00 bits per heavy atom. The van der Waals surface area contributed by atoms with E-state index in [4.69, 9.17) is 0 Å². The van der Waals surface area contributed by atoms with E-state index >= 15 is 0 Å². The monoisotopic (exact) mass is 318 g/mol. The van der Waals surface area contributed by atoms with Gasteiger partial charge in [-0.3, -0.25) is 0 Å². The third-order valence-corrected chi connectivity index (χ3v) is 5.52. The fraction of sp³-hybridized carbons (Fsp3) is 0.364. The summed E-state index contributed by atoms with van der Waals surface area (Å²) in [6.07, 6.45) is 4.91. The zero-order chi connectivity index (χ0) is 16.5. The summed E-state index contributed by atoms with van der Waals surface area (Å²) in [6.45, 7) is 7.61. The van der Waals surface area contributed by atoms with Gasteiger partial charge in [-0.1, -0.05) is 36.4 Å². The van der Waals surface area contributed by atoms with Crippen molar-refractivity contribution in [3.05, 3.63) is 70.9 Å². The second-order valence-electron chi connectivity index (χ2n) is 7.17. The molecule has 2 heterocycles. The van der Waals surface area contributed by atoms with Crippen LogP contribution in [0, 0.1) is 13.8 Å². The SMILES string of the molecule is Cc1ccc(Cn2cc(C3CCNCC3)c3ccccc32)cc1C. The Labute approximate surface area is 144 Å². The van der Waals surface area contributed by atoms with Gasteiger partial charge in [-0.2, -0.15) is 0 Å². The molecule has 1 N–H and O–H groups in total. The lowest BCUT2D eigenvalue weighted by atomic mass is 9.90. The number of para-hydroxylation sites is 1. The molecule has 2 heteroatoms. The lowest BCUT2D eigenvalue weighted by Crippen LogP contribution is -2.26. The molecule has 1 fully saturated rings. The van der Waals surface area contributed by atoms with E-state index in [1.54, 1.807) is 0 Å². The van der Waals surface area contributed by atoms with Crippen molar-refractivity contribution in [2.75, 3.05) is 13.1 Å². The van der Waals surface area contributed by atoms with Crippen molar-refractivity contribution in [3.63, 3.8) is 0 Å². The maximum atomic E-state index is 3.48. The maximum Gasteiger partial charge on any atom is 0.0486 e. The molecular formula is C22H26N2. The molecule has 0 aliphatic carbocycles. The van der Waals surface area contributed by atoms with Gasteiger partial charge in [0.2, 0.25) is 0 Å². The number of aryl methyl sites for hydroxylation is 2. The van der Waals surface area contributed by atoms with Gasteiger partial charge < -0.3 is 9.88 Å². The lowest BCUT2D eigenvalue weighted by Gasteiger charge is -2.22. The average Bonchev–Trinajstić information content (AvgIpc) is 2.98. The number of fused-ring (bicyclic) bond motifs is 1. The Morgan fingerprint density at radius 3 is 2.58 bits per heavy atom. The summed E-state index contributed by atoms with van der Waals surface area (Å²) in [5.41, 5.74) is 7.03. The number of benzene rings is 2. The normalized spacial score (nSPS) is 15.9. The Hall–Kier alpha value is -2.06. The maximum absolute atomic E-state index is 3.48. The first-order valence-corrected chi connectivity index (χ1v) is 9.07. The van der Waals surface area contributed by atoms with E-state index in [0.29, 0.717) is 5.92 Å². The summed E-state index contributed by atoms with van der Waals surface area (Å²) in [6, 6.07) is 15.7. The molecule has 0 radical (unpaired) electrons. The van der Waals surface area contributed by atoms with Gasteiger partial charge in [0.05, 0.1) is 0 Å². The number of aromatic nitrogens is 1. The third kappa shape index (κ3) is 2.87. The van der Waals surface area contributed by atoms with Crippen LogP contribution in [0.3, 0.4) is 0 Å². The average molecular weight is 318 g/mol. The van der Waals surface area contributed by atoms with Crippen LogP contribution in [0.15, 0.2) is 48.7 Å². The van der Waals surface area contributed by atoms with Crippen molar-refractivity contribution in [1.82, 2.24) is 9.88 Å². The van der Waals surface area contributed by atoms with Crippen LogP contribution in [0.25, 0.3) is 10.9 Å². The molecule has 24 heavy (non-hydrogen) atoms. The van der Waals surface area contributed by atoms with Crippen LogP contribution in [0.4, 0.5) is 0 Å². The smallest absolute Gasteiger partial charge is 0.0486 e. The molecular weight excluding hydrogens is 292 g/mol. The van der Waals surface area contributed by atoms with Gasteiger partial charge in [0.1, 0.15) is 0 Å². The van der Waals surface area contributed by atoms with Gasteiger partial charge in [-0.05, 0) is 74.0 Å². The van der Waals surface area contributed by atoms with Crippen LogP contribution in [0.2, 0.25) is 0 Å². The summed E-state index contributed by atoms with van der Waals surface area (Å²) in [5.74, 6) is 0.692. The van der Waals surface area contributed by atoms with E-state index in [2.05, 4.69) is 72.4 Å². The minimum absolute atomic E-state index is 0.692. The van der Waals surface area contributed by atoms with Crippen molar-refractivity contribution in [2.24, 2.45) is 0 Å². The van der Waals surface area contributed by atoms with Gasteiger partial charge in [0.15, 0.2) is 0 Å². The van der Waals surface area contributed by atoms with Crippen molar-refractivity contribution >= 4 is 10.9 Å². The largest absolute Gasteiger partial charge is 0.343 e. The van der Waals surface area contributed by atoms with Gasteiger partial charge in [0, 0.05) is 23.6 Å². The lowest BCUT2D eigenvalue weighted by molar-refractivity contribution is 0.461. The standard InChI is InChI=1S/C22H26N2/c1-16-7-8-18(13-17(16)2)14-24-15-21(19-9-11-23-12-10-19)20-5-3-4-6-22(20)24/h3-8,13,15,19,23H,9-12,14H2,1-2H3. The zero-order valence-electron chi connectivity index (χ0n) is 14.7. The highest BCUT2D eigenvalue weighted by Gasteiger charge is 2.20. The van der Waals surface area contributed by atoms with Crippen molar-refractivity contribution < 1.29 is 0 Å². The van der Waals surface area contributed by atoms with E-state index in [-0.39, 0.29) is 0 Å². The molecule has 0 bridgehead atoms. The zero-order valence-corrected chi connectivity index (χ0v) is 14.7. The van der Waals surface area contributed by atoms with E-state index in [0.717, 1.165) is 19.6 Å². The molecule has 3 aromatic rings. The summed E-state index contributed by atoms with van der Waals surface area (Å²) in [7, 11) is 0. The number of rotatable bonds is 3. The summed E-state index contributed by atoms with van der Waals surface area (Å²) >= 11 is 0. The molecule has 0 amide bonds.